The van der Waals surface area contributed by atoms with Gasteiger partial charge in [-0.1, -0.05) is 23.8 Å². The molecule has 0 bridgehead atoms. The van der Waals surface area contributed by atoms with Gasteiger partial charge in [0, 0.05) is 11.1 Å². The van der Waals surface area contributed by atoms with E-state index < -0.39 is 0 Å². The van der Waals surface area contributed by atoms with Crippen LogP contribution in [0.1, 0.15) is 19.4 Å². The van der Waals surface area contributed by atoms with Crippen LogP contribution in [0.2, 0.25) is 0 Å². The van der Waals surface area contributed by atoms with Crippen LogP contribution in [-0.2, 0) is 0 Å². The molecule has 0 saturated heterocycles. The maximum atomic E-state index is 11.1. The molecule has 0 saturated carbocycles. The number of hydrogen-bond acceptors (Lipinski definition) is 5. The lowest BCUT2D eigenvalue weighted by atomic mass is 9.93. The number of rotatable bonds is 7. The summed E-state index contributed by atoms with van der Waals surface area (Å²) in [5.74, 6) is 1.81. The topological polar surface area (TPSA) is 68.2 Å². The predicted molar refractivity (Wildman–Crippen MR) is 123 cm³/mol. The highest BCUT2D eigenvalue weighted by Gasteiger charge is 2.20. The number of allylic oxidation sites excluding steroid dienone is 1. The van der Waals surface area contributed by atoms with E-state index in [-0.39, 0.29) is 11.5 Å². The summed E-state index contributed by atoms with van der Waals surface area (Å²) >= 11 is 0. The minimum Gasteiger partial charge on any atom is -0.508 e. The molecule has 0 aliphatic carbocycles. The first kappa shape index (κ1) is 22.1. The summed E-state index contributed by atoms with van der Waals surface area (Å²) in [6.07, 6.45) is 2.00. The standard InChI is InChI=1S/C26H28O5/c1-16(2)12-13-31-22-11-8-19(15-23(22)29-4)24-17(3)14-21(26(30-5)25(24)28)18-6-9-20(27)10-7-18/h6-12,14-15,27-28H,13H2,1-5H3. The summed E-state index contributed by atoms with van der Waals surface area (Å²) in [5, 5.41) is 20.7. The molecule has 3 rings (SSSR count). The summed E-state index contributed by atoms with van der Waals surface area (Å²) in [6, 6.07) is 14.3. The molecular weight excluding hydrogens is 392 g/mol. The molecule has 0 fully saturated rings. The lowest BCUT2D eigenvalue weighted by Crippen LogP contribution is -1.98. The first-order valence-corrected chi connectivity index (χ1v) is 10.00. The molecule has 0 aliphatic rings. The number of hydrogen-bond donors (Lipinski definition) is 2. The summed E-state index contributed by atoms with van der Waals surface area (Å²) in [5.41, 5.74) is 5.08. The third-order valence-electron chi connectivity index (χ3n) is 5.02. The van der Waals surface area contributed by atoms with Gasteiger partial charge < -0.3 is 24.4 Å². The van der Waals surface area contributed by atoms with E-state index in [2.05, 4.69) is 0 Å². The van der Waals surface area contributed by atoms with Crippen LogP contribution in [0, 0.1) is 6.92 Å². The van der Waals surface area contributed by atoms with E-state index in [0.29, 0.717) is 29.4 Å². The number of phenols is 2. The maximum Gasteiger partial charge on any atom is 0.168 e. The Kier molecular flexibility index (Phi) is 6.75. The van der Waals surface area contributed by atoms with Gasteiger partial charge in [0.2, 0.25) is 0 Å². The minimum atomic E-state index is 0.0471. The van der Waals surface area contributed by atoms with E-state index in [1.807, 2.05) is 51.1 Å². The minimum absolute atomic E-state index is 0.0471. The lowest BCUT2D eigenvalue weighted by Gasteiger charge is -2.18. The van der Waals surface area contributed by atoms with Gasteiger partial charge in [-0.05, 0) is 73.9 Å². The normalized spacial score (nSPS) is 10.5. The lowest BCUT2D eigenvalue weighted by molar-refractivity contribution is 0.326. The van der Waals surface area contributed by atoms with Gasteiger partial charge in [-0.25, -0.2) is 0 Å². The highest BCUT2D eigenvalue weighted by Crippen LogP contribution is 2.47. The number of benzene rings is 3. The van der Waals surface area contributed by atoms with Crippen LogP contribution in [0.5, 0.6) is 28.7 Å². The van der Waals surface area contributed by atoms with Crippen molar-refractivity contribution >= 4 is 0 Å². The van der Waals surface area contributed by atoms with Gasteiger partial charge in [0.1, 0.15) is 12.4 Å². The van der Waals surface area contributed by atoms with Gasteiger partial charge >= 0.3 is 0 Å². The zero-order chi connectivity index (χ0) is 22.5. The molecule has 2 N–H and O–H groups in total. The van der Waals surface area contributed by atoms with Crippen molar-refractivity contribution in [3.05, 3.63) is 65.7 Å². The van der Waals surface area contributed by atoms with Crippen LogP contribution in [0.3, 0.4) is 0 Å². The van der Waals surface area contributed by atoms with E-state index >= 15 is 0 Å². The van der Waals surface area contributed by atoms with E-state index in [4.69, 9.17) is 14.2 Å². The number of methoxy groups -OCH3 is 2. The Morgan fingerprint density at radius 1 is 0.871 bits per heavy atom. The van der Waals surface area contributed by atoms with Gasteiger partial charge in [0.15, 0.2) is 23.0 Å². The number of aryl methyl sites for hydroxylation is 1. The molecule has 5 nitrogen and oxygen atoms in total. The fourth-order valence-electron chi connectivity index (χ4n) is 3.45. The smallest absolute Gasteiger partial charge is 0.168 e. The van der Waals surface area contributed by atoms with Gasteiger partial charge in [-0.3, -0.25) is 0 Å². The SMILES string of the molecule is COc1cc(-c2c(C)cc(-c3ccc(O)cc3)c(OC)c2O)ccc1OCC=C(C)C. The number of ether oxygens (including phenoxy) is 3. The van der Waals surface area contributed by atoms with Crippen molar-refractivity contribution in [1.82, 2.24) is 0 Å². The summed E-state index contributed by atoms with van der Waals surface area (Å²) in [7, 11) is 3.12. The first-order valence-electron chi connectivity index (χ1n) is 10.00. The highest BCUT2D eigenvalue weighted by atomic mass is 16.5. The molecule has 0 spiro atoms. The van der Waals surface area contributed by atoms with Crippen LogP contribution in [0.15, 0.2) is 60.2 Å². The van der Waals surface area contributed by atoms with E-state index in [0.717, 1.165) is 22.3 Å². The second-order valence-corrected chi connectivity index (χ2v) is 7.50. The average molecular weight is 421 g/mol. The van der Waals surface area contributed by atoms with Gasteiger partial charge in [-0.15, -0.1) is 0 Å². The average Bonchev–Trinajstić information content (AvgIpc) is 2.74. The van der Waals surface area contributed by atoms with Crippen molar-refractivity contribution in [2.24, 2.45) is 0 Å². The molecule has 3 aromatic carbocycles. The molecule has 31 heavy (non-hydrogen) atoms. The van der Waals surface area contributed by atoms with Crippen molar-refractivity contribution in [3.8, 4) is 51.0 Å². The Bertz CT molecular complexity index is 1090. The van der Waals surface area contributed by atoms with E-state index in [1.54, 1.807) is 31.4 Å². The van der Waals surface area contributed by atoms with Crippen molar-refractivity contribution in [1.29, 1.82) is 0 Å². The van der Waals surface area contributed by atoms with Crippen LogP contribution in [0.25, 0.3) is 22.3 Å². The summed E-state index contributed by atoms with van der Waals surface area (Å²) in [4.78, 5) is 0. The second kappa shape index (κ2) is 9.47. The van der Waals surface area contributed by atoms with E-state index in [1.165, 1.54) is 12.7 Å². The molecule has 0 aliphatic heterocycles. The number of aromatic hydroxyl groups is 2. The van der Waals surface area contributed by atoms with Crippen LogP contribution in [0.4, 0.5) is 0 Å². The van der Waals surface area contributed by atoms with Crippen LogP contribution in [-0.4, -0.2) is 31.0 Å². The third-order valence-corrected chi connectivity index (χ3v) is 5.02. The first-order chi connectivity index (χ1) is 14.8. The zero-order valence-electron chi connectivity index (χ0n) is 18.5. The molecule has 0 aromatic heterocycles. The fourth-order valence-corrected chi connectivity index (χ4v) is 3.45. The van der Waals surface area contributed by atoms with Gasteiger partial charge in [-0.2, -0.15) is 0 Å². The van der Waals surface area contributed by atoms with Crippen molar-refractivity contribution in [2.75, 3.05) is 20.8 Å². The molecule has 0 amide bonds. The quantitative estimate of drug-likeness (QED) is 0.452. The monoisotopic (exact) mass is 420 g/mol. The summed E-state index contributed by atoms with van der Waals surface area (Å²) in [6.45, 7) is 6.43. The third kappa shape index (κ3) is 4.77. The Hall–Kier alpha value is -3.60. The number of phenolic OH excluding ortho intramolecular Hbond substituents is 2. The zero-order valence-corrected chi connectivity index (χ0v) is 18.5. The van der Waals surface area contributed by atoms with Gasteiger partial charge in [0.05, 0.1) is 14.2 Å². The maximum absolute atomic E-state index is 11.1. The highest BCUT2D eigenvalue weighted by molar-refractivity contribution is 5.86. The van der Waals surface area contributed by atoms with Crippen LogP contribution < -0.4 is 14.2 Å². The molecular formula is C26H28O5. The molecule has 162 valence electrons. The van der Waals surface area contributed by atoms with Gasteiger partial charge in [0.25, 0.3) is 0 Å². The van der Waals surface area contributed by atoms with E-state index in [9.17, 15) is 10.2 Å². The molecule has 3 aromatic rings. The largest absolute Gasteiger partial charge is 0.508 e. The second-order valence-electron chi connectivity index (χ2n) is 7.50. The molecule has 0 radical (unpaired) electrons. The Balaban J connectivity index is 2.06. The Morgan fingerprint density at radius 3 is 2.16 bits per heavy atom. The fraction of sp³-hybridized carbons (Fsp3) is 0.231. The Labute approximate surface area is 183 Å². The Morgan fingerprint density at radius 2 is 1.55 bits per heavy atom. The predicted octanol–water partition coefficient (Wildman–Crippen LogP) is 6.10. The molecule has 0 atom stereocenters. The van der Waals surface area contributed by atoms with Crippen molar-refractivity contribution in [3.63, 3.8) is 0 Å². The van der Waals surface area contributed by atoms with Crippen molar-refractivity contribution in [2.45, 2.75) is 20.8 Å². The summed E-state index contributed by atoms with van der Waals surface area (Å²) < 4.78 is 16.9. The molecule has 5 heteroatoms. The molecule has 0 heterocycles. The van der Waals surface area contributed by atoms with Crippen molar-refractivity contribution < 1.29 is 24.4 Å². The molecule has 0 unspecified atom stereocenters. The van der Waals surface area contributed by atoms with Crippen LogP contribution >= 0.6 is 0 Å².